The Balaban J connectivity index is 1.42. The van der Waals surface area contributed by atoms with Crippen molar-refractivity contribution in [2.75, 3.05) is 13.1 Å². The number of aromatic nitrogens is 3. The maximum Gasteiger partial charge on any atom is 0.159 e. The average Bonchev–Trinajstić information content (AvgIpc) is 3.23. The summed E-state index contributed by atoms with van der Waals surface area (Å²) in [6, 6.07) is 11.3. The molecule has 5 rings (SSSR count). The third kappa shape index (κ3) is 3.99. The normalized spacial score (nSPS) is 15.0. The number of rotatable bonds is 4. The van der Waals surface area contributed by atoms with Gasteiger partial charge in [-0.15, -0.1) is 11.3 Å². The summed E-state index contributed by atoms with van der Waals surface area (Å²) in [4.78, 5) is 17.6. The molecule has 1 aliphatic rings. The molecule has 0 amide bonds. The standard InChI is InChI=1S/C23H22N4OS/c28-19-6-4-16(5-7-19)23-25-13-22-21(26-23)11-17(12-24-22)18-10-20(29-15-18)14-27-8-2-1-3-9-27/h4-7,10-13,15,28H,1-3,8-9,14H2. The molecule has 0 spiro atoms. The summed E-state index contributed by atoms with van der Waals surface area (Å²) in [6.07, 6.45) is 7.65. The van der Waals surface area contributed by atoms with Gasteiger partial charge in [0, 0.05) is 28.7 Å². The van der Waals surface area contributed by atoms with E-state index in [1.807, 2.05) is 29.7 Å². The predicted octanol–water partition coefficient (Wildman–Crippen LogP) is 5.11. The Morgan fingerprint density at radius 1 is 0.862 bits per heavy atom. The fourth-order valence-electron chi connectivity index (χ4n) is 3.78. The predicted molar refractivity (Wildman–Crippen MR) is 117 cm³/mol. The molecule has 1 aromatic carbocycles. The van der Waals surface area contributed by atoms with Crippen LogP contribution in [0.2, 0.25) is 0 Å². The zero-order chi connectivity index (χ0) is 19.6. The van der Waals surface area contributed by atoms with Crippen LogP contribution in [0.1, 0.15) is 24.1 Å². The van der Waals surface area contributed by atoms with Crippen LogP contribution in [-0.2, 0) is 6.54 Å². The highest BCUT2D eigenvalue weighted by Crippen LogP contribution is 2.29. The fraction of sp³-hybridized carbons (Fsp3) is 0.261. The van der Waals surface area contributed by atoms with Gasteiger partial charge in [-0.1, -0.05) is 6.42 Å². The number of fused-ring (bicyclic) bond motifs is 1. The molecule has 4 heterocycles. The third-order valence-electron chi connectivity index (χ3n) is 5.37. The van der Waals surface area contributed by atoms with Crippen LogP contribution < -0.4 is 0 Å². The van der Waals surface area contributed by atoms with Crippen molar-refractivity contribution in [3.05, 3.63) is 59.0 Å². The van der Waals surface area contributed by atoms with E-state index in [1.165, 1.54) is 42.8 Å². The Hall–Kier alpha value is -2.83. The van der Waals surface area contributed by atoms with Crippen LogP contribution in [0.3, 0.4) is 0 Å². The summed E-state index contributed by atoms with van der Waals surface area (Å²) in [7, 11) is 0. The number of nitrogens with zero attached hydrogens (tertiary/aromatic N) is 4. The highest BCUT2D eigenvalue weighted by molar-refractivity contribution is 7.10. The Labute approximate surface area is 173 Å². The molecule has 4 aromatic rings. The molecule has 5 nitrogen and oxygen atoms in total. The van der Waals surface area contributed by atoms with Crippen LogP contribution in [0.15, 0.2) is 54.2 Å². The molecule has 0 bridgehead atoms. The minimum absolute atomic E-state index is 0.233. The highest BCUT2D eigenvalue weighted by Gasteiger charge is 2.13. The van der Waals surface area contributed by atoms with Crippen LogP contribution in [0.25, 0.3) is 33.5 Å². The lowest BCUT2D eigenvalue weighted by Crippen LogP contribution is -2.28. The number of likely N-dealkylation sites (tertiary alicyclic amines) is 1. The van der Waals surface area contributed by atoms with Gasteiger partial charge in [0.2, 0.25) is 0 Å². The maximum atomic E-state index is 9.49. The summed E-state index contributed by atoms with van der Waals surface area (Å²) in [5.74, 6) is 0.865. The number of aromatic hydroxyl groups is 1. The van der Waals surface area contributed by atoms with Crippen LogP contribution in [0, 0.1) is 0 Å². The van der Waals surface area contributed by atoms with Gasteiger partial charge in [0.15, 0.2) is 5.82 Å². The van der Waals surface area contributed by atoms with Crippen molar-refractivity contribution < 1.29 is 5.11 Å². The highest BCUT2D eigenvalue weighted by atomic mass is 32.1. The molecular formula is C23H22N4OS. The van der Waals surface area contributed by atoms with Gasteiger partial charge in [-0.25, -0.2) is 9.97 Å². The first-order chi connectivity index (χ1) is 14.2. The Bertz CT molecular complexity index is 1130. The van der Waals surface area contributed by atoms with E-state index in [2.05, 4.69) is 32.4 Å². The summed E-state index contributed by atoms with van der Waals surface area (Å²) in [5.41, 5.74) is 4.74. The zero-order valence-electron chi connectivity index (χ0n) is 16.1. The van der Waals surface area contributed by atoms with Gasteiger partial charge < -0.3 is 5.11 Å². The van der Waals surface area contributed by atoms with Crippen molar-refractivity contribution in [2.24, 2.45) is 0 Å². The molecule has 1 saturated heterocycles. The Kier molecular flexibility index (Phi) is 4.96. The minimum atomic E-state index is 0.233. The van der Waals surface area contributed by atoms with Crippen LogP contribution in [0.4, 0.5) is 0 Å². The SMILES string of the molecule is Oc1ccc(-c2ncc3ncc(-c4csc(CN5CCCCC5)c4)cc3n2)cc1. The number of pyridine rings is 1. The number of hydrogen-bond acceptors (Lipinski definition) is 6. The van der Waals surface area contributed by atoms with E-state index in [4.69, 9.17) is 4.98 Å². The minimum Gasteiger partial charge on any atom is -0.508 e. The first kappa shape index (κ1) is 18.2. The van der Waals surface area contributed by atoms with E-state index in [1.54, 1.807) is 18.3 Å². The van der Waals surface area contributed by atoms with Crippen molar-refractivity contribution in [3.8, 4) is 28.3 Å². The van der Waals surface area contributed by atoms with Crippen molar-refractivity contribution in [3.63, 3.8) is 0 Å². The molecule has 0 radical (unpaired) electrons. The largest absolute Gasteiger partial charge is 0.508 e. The molecular weight excluding hydrogens is 380 g/mol. The second-order valence-electron chi connectivity index (χ2n) is 7.51. The molecule has 1 N–H and O–H groups in total. The van der Waals surface area contributed by atoms with E-state index in [0.717, 1.165) is 28.7 Å². The Morgan fingerprint density at radius 3 is 2.52 bits per heavy atom. The van der Waals surface area contributed by atoms with Gasteiger partial charge >= 0.3 is 0 Å². The molecule has 3 aromatic heterocycles. The van der Waals surface area contributed by atoms with Crippen LogP contribution in [-0.4, -0.2) is 38.0 Å². The van der Waals surface area contributed by atoms with E-state index >= 15 is 0 Å². The summed E-state index contributed by atoms with van der Waals surface area (Å²) >= 11 is 1.82. The lowest BCUT2D eigenvalue weighted by molar-refractivity contribution is 0.222. The number of thiophene rings is 1. The van der Waals surface area contributed by atoms with Crippen molar-refractivity contribution in [2.45, 2.75) is 25.8 Å². The van der Waals surface area contributed by atoms with Crippen molar-refractivity contribution in [1.82, 2.24) is 19.9 Å². The molecule has 0 unspecified atom stereocenters. The molecule has 0 saturated carbocycles. The van der Waals surface area contributed by atoms with E-state index in [0.29, 0.717) is 5.82 Å². The molecule has 1 aliphatic heterocycles. The van der Waals surface area contributed by atoms with Crippen LogP contribution in [0.5, 0.6) is 5.75 Å². The number of hydrogen-bond donors (Lipinski definition) is 1. The summed E-state index contributed by atoms with van der Waals surface area (Å²) in [5, 5.41) is 11.7. The molecule has 6 heteroatoms. The second-order valence-corrected chi connectivity index (χ2v) is 8.50. The summed E-state index contributed by atoms with van der Waals surface area (Å²) < 4.78 is 0. The number of phenolic OH excluding ortho intramolecular Hbond substituents is 1. The lowest BCUT2D eigenvalue weighted by atomic mass is 10.1. The molecule has 0 aliphatic carbocycles. The molecule has 0 atom stereocenters. The topological polar surface area (TPSA) is 62.1 Å². The second kappa shape index (κ2) is 7.89. The lowest BCUT2D eigenvalue weighted by Gasteiger charge is -2.25. The first-order valence-electron chi connectivity index (χ1n) is 9.97. The quantitative estimate of drug-likeness (QED) is 0.514. The monoisotopic (exact) mass is 402 g/mol. The molecule has 29 heavy (non-hydrogen) atoms. The van der Waals surface area contributed by atoms with Crippen molar-refractivity contribution >= 4 is 22.4 Å². The zero-order valence-corrected chi connectivity index (χ0v) is 16.9. The van der Waals surface area contributed by atoms with E-state index in [-0.39, 0.29) is 5.75 Å². The fourth-order valence-corrected chi connectivity index (χ4v) is 4.71. The maximum absolute atomic E-state index is 9.49. The van der Waals surface area contributed by atoms with Gasteiger partial charge in [0.1, 0.15) is 11.3 Å². The Morgan fingerprint density at radius 2 is 1.69 bits per heavy atom. The van der Waals surface area contributed by atoms with Gasteiger partial charge in [-0.2, -0.15) is 0 Å². The van der Waals surface area contributed by atoms with Gasteiger partial charge in [0.05, 0.1) is 11.7 Å². The molecule has 1 fully saturated rings. The third-order valence-corrected chi connectivity index (χ3v) is 6.30. The number of phenols is 1. The summed E-state index contributed by atoms with van der Waals surface area (Å²) in [6.45, 7) is 3.46. The smallest absolute Gasteiger partial charge is 0.159 e. The van der Waals surface area contributed by atoms with E-state index in [9.17, 15) is 5.11 Å². The van der Waals surface area contributed by atoms with Crippen LogP contribution >= 0.6 is 11.3 Å². The number of piperidine rings is 1. The average molecular weight is 403 g/mol. The first-order valence-corrected chi connectivity index (χ1v) is 10.8. The molecule has 146 valence electrons. The van der Waals surface area contributed by atoms with E-state index < -0.39 is 0 Å². The van der Waals surface area contributed by atoms with Gasteiger partial charge in [-0.05, 0) is 73.3 Å². The van der Waals surface area contributed by atoms with Gasteiger partial charge in [-0.3, -0.25) is 9.88 Å². The number of benzene rings is 1. The van der Waals surface area contributed by atoms with Gasteiger partial charge in [0.25, 0.3) is 0 Å². The van der Waals surface area contributed by atoms with Crippen molar-refractivity contribution in [1.29, 1.82) is 0 Å².